The molecular formula is C34H57N5O7. The number of hydrogen-bond donors (Lipinski definition) is 4. The molecule has 5 amide bonds. The van der Waals surface area contributed by atoms with Crippen LogP contribution in [0.5, 0.6) is 0 Å². The fourth-order valence-electron chi connectivity index (χ4n) is 6.69. The molecule has 2 saturated carbocycles. The van der Waals surface area contributed by atoms with Gasteiger partial charge in [-0.15, -0.1) is 0 Å². The number of carbonyl (C=O) groups is 6. The van der Waals surface area contributed by atoms with Crippen molar-refractivity contribution in [3.63, 3.8) is 0 Å². The molecule has 4 atom stereocenters. The summed E-state index contributed by atoms with van der Waals surface area (Å²) in [6.07, 6.45) is 6.87. The zero-order valence-electron chi connectivity index (χ0n) is 29.1. The molecule has 0 aromatic heterocycles. The highest BCUT2D eigenvalue weighted by molar-refractivity contribution is 6.37. The number of carbonyl (C=O) groups excluding carboxylic acids is 6. The molecule has 12 nitrogen and oxygen atoms in total. The molecule has 12 heteroatoms. The molecule has 2 aliphatic carbocycles. The monoisotopic (exact) mass is 647 g/mol. The lowest BCUT2D eigenvalue weighted by Gasteiger charge is -2.39. The Morgan fingerprint density at radius 2 is 1.52 bits per heavy atom. The van der Waals surface area contributed by atoms with Gasteiger partial charge in [-0.05, 0) is 69.6 Å². The SMILES string of the molecule is CC(C)[C@@H]1C[C@@H](C(=O)NC(CC2CCC2)C(=O)C(N)=O)N(C(=O)[C@@H](NC(=O)NC2(C(=O)OC(C)(C)C)CCCCC2)C(C)(C)C)C1. The van der Waals surface area contributed by atoms with E-state index in [2.05, 4.69) is 16.0 Å². The predicted octanol–water partition coefficient (Wildman–Crippen LogP) is 3.35. The number of Topliss-reactive ketones (excluding diaryl/α,β-unsaturated/α-hetero) is 1. The maximum Gasteiger partial charge on any atom is 0.332 e. The van der Waals surface area contributed by atoms with Gasteiger partial charge in [0.15, 0.2) is 0 Å². The third-order valence-corrected chi connectivity index (χ3v) is 9.77. The molecule has 3 fully saturated rings. The van der Waals surface area contributed by atoms with E-state index in [1.165, 1.54) is 4.90 Å². The number of amides is 5. The smallest absolute Gasteiger partial charge is 0.332 e. The molecule has 3 rings (SSSR count). The number of primary amides is 1. The average Bonchev–Trinajstić information content (AvgIpc) is 3.37. The Balaban J connectivity index is 1.84. The van der Waals surface area contributed by atoms with Gasteiger partial charge in [-0.1, -0.05) is 73.1 Å². The van der Waals surface area contributed by atoms with E-state index >= 15 is 0 Å². The van der Waals surface area contributed by atoms with Crippen molar-refractivity contribution in [3.05, 3.63) is 0 Å². The first-order valence-electron chi connectivity index (χ1n) is 17.0. The van der Waals surface area contributed by atoms with Crippen LogP contribution >= 0.6 is 0 Å². The molecule has 3 aliphatic rings. The Kier molecular flexibility index (Phi) is 11.9. The molecule has 1 unspecified atom stereocenters. The van der Waals surface area contributed by atoms with Crippen LogP contribution in [-0.4, -0.2) is 76.2 Å². The summed E-state index contributed by atoms with van der Waals surface area (Å²) in [7, 11) is 0. The van der Waals surface area contributed by atoms with E-state index in [4.69, 9.17) is 10.5 Å². The van der Waals surface area contributed by atoms with Crippen LogP contribution in [0.25, 0.3) is 0 Å². The minimum Gasteiger partial charge on any atom is -0.458 e. The largest absolute Gasteiger partial charge is 0.458 e. The van der Waals surface area contributed by atoms with Crippen LogP contribution in [0.4, 0.5) is 4.79 Å². The molecule has 1 saturated heterocycles. The number of urea groups is 1. The van der Waals surface area contributed by atoms with Crippen LogP contribution in [-0.2, 0) is 28.7 Å². The first-order chi connectivity index (χ1) is 21.2. The lowest BCUT2D eigenvalue weighted by atomic mass is 9.80. The number of nitrogens with zero attached hydrogens (tertiary/aromatic N) is 1. The third-order valence-electron chi connectivity index (χ3n) is 9.77. The van der Waals surface area contributed by atoms with Gasteiger partial charge in [-0.3, -0.25) is 19.2 Å². The van der Waals surface area contributed by atoms with Crippen molar-refractivity contribution in [1.82, 2.24) is 20.9 Å². The lowest BCUT2D eigenvalue weighted by molar-refractivity contribution is -0.164. The van der Waals surface area contributed by atoms with Crippen LogP contribution in [0.3, 0.4) is 0 Å². The number of likely N-dealkylation sites (tertiary alicyclic amines) is 1. The van der Waals surface area contributed by atoms with Crippen molar-refractivity contribution < 1.29 is 33.5 Å². The van der Waals surface area contributed by atoms with Crippen LogP contribution in [0, 0.1) is 23.2 Å². The lowest BCUT2D eigenvalue weighted by Crippen LogP contribution is -2.64. The number of rotatable bonds is 11. The van der Waals surface area contributed by atoms with E-state index in [9.17, 15) is 28.8 Å². The van der Waals surface area contributed by atoms with Crippen molar-refractivity contribution in [1.29, 1.82) is 0 Å². The second kappa shape index (κ2) is 14.7. The minimum absolute atomic E-state index is 0.00347. The van der Waals surface area contributed by atoms with Gasteiger partial charge in [-0.2, -0.15) is 0 Å². The highest BCUT2D eigenvalue weighted by atomic mass is 16.6. The van der Waals surface area contributed by atoms with Crippen molar-refractivity contribution in [2.75, 3.05) is 6.54 Å². The molecule has 1 aliphatic heterocycles. The average molecular weight is 648 g/mol. The van der Waals surface area contributed by atoms with E-state index in [0.717, 1.165) is 38.5 Å². The number of nitrogens with one attached hydrogen (secondary N) is 3. The highest BCUT2D eigenvalue weighted by Gasteiger charge is 2.48. The van der Waals surface area contributed by atoms with Gasteiger partial charge in [-0.25, -0.2) is 9.59 Å². The Bertz CT molecular complexity index is 1160. The number of ketones is 1. The normalized spacial score (nSPS) is 23.1. The second-order valence-electron chi connectivity index (χ2n) is 16.1. The second-order valence-corrected chi connectivity index (χ2v) is 16.1. The fourth-order valence-corrected chi connectivity index (χ4v) is 6.69. The van der Waals surface area contributed by atoms with Crippen LogP contribution in [0.15, 0.2) is 0 Å². The van der Waals surface area contributed by atoms with E-state index in [0.29, 0.717) is 32.2 Å². The van der Waals surface area contributed by atoms with E-state index in [-0.39, 0.29) is 17.8 Å². The molecule has 260 valence electrons. The quantitative estimate of drug-likeness (QED) is 0.196. The first-order valence-corrected chi connectivity index (χ1v) is 17.0. The van der Waals surface area contributed by atoms with E-state index in [1.54, 1.807) is 20.8 Å². The van der Waals surface area contributed by atoms with Gasteiger partial charge in [0.25, 0.3) is 5.91 Å². The highest BCUT2D eigenvalue weighted by Crippen LogP contribution is 2.34. The predicted molar refractivity (Wildman–Crippen MR) is 173 cm³/mol. The summed E-state index contributed by atoms with van der Waals surface area (Å²) >= 11 is 0. The summed E-state index contributed by atoms with van der Waals surface area (Å²) in [6.45, 7) is 15.2. The fraction of sp³-hybridized carbons (Fsp3) is 0.824. The summed E-state index contributed by atoms with van der Waals surface area (Å²) in [5.74, 6) is -3.00. The van der Waals surface area contributed by atoms with Gasteiger partial charge in [0.2, 0.25) is 17.6 Å². The maximum absolute atomic E-state index is 14.3. The molecule has 0 radical (unpaired) electrons. The van der Waals surface area contributed by atoms with E-state index < -0.39 is 70.2 Å². The Morgan fingerprint density at radius 1 is 0.913 bits per heavy atom. The zero-order chi connectivity index (χ0) is 34.6. The summed E-state index contributed by atoms with van der Waals surface area (Å²) in [6, 6.07) is -3.64. The summed E-state index contributed by atoms with van der Waals surface area (Å²) in [5, 5.41) is 8.49. The molecule has 0 aromatic rings. The molecule has 5 N–H and O–H groups in total. The standard InChI is InChI=1S/C34H57N5O7/c1-20(2)22-18-24(28(42)36-23(25(40)27(35)41)17-21-13-12-14-21)39(19-22)29(43)26(32(3,4)5)37-31(45)38-34(15-10-9-11-16-34)30(44)46-33(6,7)8/h20-24,26H,9-19H2,1-8H3,(H2,35,41)(H,36,42)(H2,37,38,45)/t22-,23?,24+,26-/m1/s1. The van der Waals surface area contributed by atoms with Gasteiger partial charge < -0.3 is 31.3 Å². The zero-order valence-corrected chi connectivity index (χ0v) is 29.1. The number of hydrogen-bond acceptors (Lipinski definition) is 7. The van der Waals surface area contributed by atoms with Crippen molar-refractivity contribution in [2.24, 2.45) is 28.9 Å². The Morgan fingerprint density at radius 3 is 2.00 bits per heavy atom. The van der Waals surface area contributed by atoms with Gasteiger partial charge in [0.05, 0.1) is 6.04 Å². The summed E-state index contributed by atoms with van der Waals surface area (Å²) in [4.78, 5) is 81.0. The molecule has 46 heavy (non-hydrogen) atoms. The van der Waals surface area contributed by atoms with Crippen LogP contribution < -0.4 is 21.7 Å². The molecule has 0 bridgehead atoms. The molecule has 1 heterocycles. The summed E-state index contributed by atoms with van der Waals surface area (Å²) in [5.41, 5.74) is 2.62. The molecular weight excluding hydrogens is 590 g/mol. The number of nitrogens with two attached hydrogens (primary N) is 1. The van der Waals surface area contributed by atoms with Crippen LogP contribution in [0.2, 0.25) is 0 Å². The third kappa shape index (κ3) is 9.44. The van der Waals surface area contributed by atoms with Crippen molar-refractivity contribution >= 4 is 35.5 Å². The summed E-state index contributed by atoms with van der Waals surface area (Å²) < 4.78 is 5.70. The minimum atomic E-state index is -1.21. The van der Waals surface area contributed by atoms with Crippen molar-refractivity contribution in [3.8, 4) is 0 Å². The van der Waals surface area contributed by atoms with Crippen molar-refractivity contribution in [2.45, 2.75) is 149 Å². The number of ether oxygens (including phenoxy) is 1. The molecule has 0 spiro atoms. The van der Waals surface area contributed by atoms with Gasteiger partial charge in [0.1, 0.15) is 23.2 Å². The first kappa shape index (κ1) is 37.3. The molecule has 0 aromatic carbocycles. The Labute approximate surface area is 274 Å². The van der Waals surface area contributed by atoms with Crippen LogP contribution in [0.1, 0.15) is 120 Å². The van der Waals surface area contributed by atoms with E-state index in [1.807, 2.05) is 34.6 Å². The van der Waals surface area contributed by atoms with Gasteiger partial charge >= 0.3 is 12.0 Å². The Hall–Kier alpha value is -3.18. The maximum atomic E-state index is 14.3. The van der Waals surface area contributed by atoms with Gasteiger partial charge in [0, 0.05) is 6.54 Å². The topological polar surface area (TPSA) is 177 Å². The number of esters is 1.